The van der Waals surface area contributed by atoms with Gasteiger partial charge < -0.3 is 0 Å². The molecular weight excluding hydrogens is 295 g/mol. The number of aromatic nitrogens is 3. The standard InChI is InChI=1S/C13H15FN4O2S/c14-12-3-1-2-4-13(12)21(19,20)17-8-5-11(6-9-17)18-10-7-15-16-18/h1-4,7,10-11H,5-6,8-9H2. The molecule has 0 atom stereocenters. The van der Waals surface area contributed by atoms with Crippen LogP contribution in [0.3, 0.4) is 0 Å². The van der Waals surface area contributed by atoms with E-state index in [0.29, 0.717) is 25.9 Å². The summed E-state index contributed by atoms with van der Waals surface area (Å²) in [6.07, 6.45) is 4.64. The molecule has 2 heterocycles. The molecule has 1 saturated heterocycles. The van der Waals surface area contributed by atoms with E-state index in [1.54, 1.807) is 17.1 Å². The van der Waals surface area contributed by atoms with Gasteiger partial charge in [-0.1, -0.05) is 17.3 Å². The fourth-order valence-electron chi connectivity index (χ4n) is 2.55. The van der Waals surface area contributed by atoms with Gasteiger partial charge in [0.2, 0.25) is 10.0 Å². The van der Waals surface area contributed by atoms with Gasteiger partial charge in [0.25, 0.3) is 0 Å². The predicted molar refractivity (Wildman–Crippen MR) is 73.5 cm³/mol. The van der Waals surface area contributed by atoms with Crippen LogP contribution in [0.25, 0.3) is 0 Å². The van der Waals surface area contributed by atoms with Crippen molar-refractivity contribution in [1.82, 2.24) is 19.3 Å². The molecule has 21 heavy (non-hydrogen) atoms. The topological polar surface area (TPSA) is 68.1 Å². The number of halogens is 1. The highest BCUT2D eigenvalue weighted by atomic mass is 32.2. The number of hydrogen-bond acceptors (Lipinski definition) is 4. The highest BCUT2D eigenvalue weighted by Gasteiger charge is 2.31. The molecule has 3 rings (SSSR count). The zero-order valence-electron chi connectivity index (χ0n) is 11.3. The summed E-state index contributed by atoms with van der Waals surface area (Å²) in [4.78, 5) is -0.260. The lowest BCUT2D eigenvalue weighted by Crippen LogP contribution is -2.39. The van der Waals surface area contributed by atoms with Crippen molar-refractivity contribution >= 4 is 10.0 Å². The molecule has 1 aliphatic rings. The van der Waals surface area contributed by atoms with E-state index in [9.17, 15) is 12.8 Å². The summed E-state index contributed by atoms with van der Waals surface area (Å²) < 4.78 is 41.7. The van der Waals surface area contributed by atoms with E-state index in [4.69, 9.17) is 0 Å². The lowest BCUT2D eigenvalue weighted by Gasteiger charge is -2.31. The van der Waals surface area contributed by atoms with Crippen LogP contribution in [-0.2, 0) is 10.0 Å². The minimum atomic E-state index is -3.77. The van der Waals surface area contributed by atoms with Crippen LogP contribution in [0, 0.1) is 5.82 Å². The fourth-order valence-corrected chi connectivity index (χ4v) is 4.09. The van der Waals surface area contributed by atoms with E-state index in [1.807, 2.05) is 0 Å². The van der Waals surface area contributed by atoms with Crippen LogP contribution >= 0.6 is 0 Å². The SMILES string of the molecule is O=S(=O)(c1ccccc1F)N1CCC(n2ccnn2)CC1. The summed E-state index contributed by atoms with van der Waals surface area (Å²) in [5, 5.41) is 7.69. The van der Waals surface area contributed by atoms with Crippen LogP contribution in [-0.4, -0.2) is 40.8 Å². The molecule has 0 aliphatic carbocycles. The van der Waals surface area contributed by atoms with Crippen LogP contribution < -0.4 is 0 Å². The van der Waals surface area contributed by atoms with Crippen molar-refractivity contribution in [3.05, 3.63) is 42.5 Å². The molecule has 1 aromatic carbocycles. The van der Waals surface area contributed by atoms with Crippen molar-refractivity contribution in [3.8, 4) is 0 Å². The lowest BCUT2D eigenvalue weighted by atomic mass is 10.1. The minimum absolute atomic E-state index is 0.138. The molecule has 0 unspecified atom stereocenters. The molecule has 0 bridgehead atoms. The van der Waals surface area contributed by atoms with Crippen molar-refractivity contribution in [2.45, 2.75) is 23.8 Å². The second kappa shape index (κ2) is 5.53. The Bertz CT molecular complexity index is 710. The third kappa shape index (κ3) is 2.68. The smallest absolute Gasteiger partial charge is 0.245 e. The summed E-state index contributed by atoms with van der Waals surface area (Å²) in [6, 6.07) is 5.60. The number of benzene rings is 1. The molecule has 1 aliphatic heterocycles. The zero-order valence-corrected chi connectivity index (χ0v) is 12.1. The summed E-state index contributed by atoms with van der Waals surface area (Å²) in [7, 11) is -3.77. The molecule has 1 aromatic heterocycles. The first-order valence-electron chi connectivity index (χ1n) is 6.69. The number of hydrogen-bond donors (Lipinski definition) is 0. The highest BCUT2D eigenvalue weighted by molar-refractivity contribution is 7.89. The molecule has 112 valence electrons. The van der Waals surface area contributed by atoms with E-state index >= 15 is 0 Å². The number of sulfonamides is 1. The lowest BCUT2D eigenvalue weighted by molar-refractivity contribution is 0.258. The zero-order chi connectivity index (χ0) is 14.9. The average molecular weight is 310 g/mol. The van der Waals surface area contributed by atoms with Gasteiger partial charge in [-0.3, -0.25) is 0 Å². The molecule has 2 aromatic rings. The van der Waals surface area contributed by atoms with Crippen LogP contribution in [0.1, 0.15) is 18.9 Å². The van der Waals surface area contributed by atoms with Crippen LogP contribution in [0.15, 0.2) is 41.6 Å². The van der Waals surface area contributed by atoms with Crippen LogP contribution in [0.2, 0.25) is 0 Å². The van der Waals surface area contributed by atoms with E-state index < -0.39 is 15.8 Å². The van der Waals surface area contributed by atoms with Gasteiger partial charge in [0.05, 0.1) is 12.2 Å². The Kier molecular flexibility index (Phi) is 3.73. The van der Waals surface area contributed by atoms with E-state index in [1.165, 1.54) is 22.5 Å². The fraction of sp³-hybridized carbons (Fsp3) is 0.385. The first-order chi connectivity index (χ1) is 10.1. The predicted octanol–water partition coefficient (Wildman–Crippen LogP) is 1.44. The largest absolute Gasteiger partial charge is 0.249 e. The molecule has 6 nitrogen and oxygen atoms in total. The average Bonchev–Trinajstić information content (AvgIpc) is 3.02. The molecule has 0 N–H and O–H groups in total. The van der Waals surface area contributed by atoms with E-state index in [0.717, 1.165) is 6.07 Å². The summed E-state index contributed by atoms with van der Waals surface area (Å²) in [5.74, 6) is -0.712. The van der Waals surface area contributed by atoms with Crippen molar-refractivity contribution < 1.29 is 12.8 Å². The number of rotatable bonds is 3. The summed E-state index contributed by atoms with van der Waals surface area (Å²) >= 11 is 0. The Labute approximate surface area is 122 Å². The Morgan fingerprint density at radius 3 is 2.52 bits per heavy atom. The van der Waals surface area contributed by atoms with Crippen molar-refractivity contribution in [2.75, 3.05) is 13.1 Å². The number of piperidine rings is 1. The molecule has 0 radical (unpaired) electrons. The summed E-state index contributed by atoms with van der Waals surface area (Å²) in [5.41, 5.74) is 0. The van der Waals surface area contributed by atoms with Gasteiger partial charge in [-0.25, -0.2) is 17.5 Å². The van der Waals surface area contributed by atoms with Gasteiger partial charge >= 0.3 is 0 Å². The van der Waals surface area contributed by atoms with Crippen molar-refractivity contribution in [1.29, 1.82) is 0 Å². The first-order valence-corrected chi connectivity index (χ1v) is 8.13. The molecule has 1 fully saturated rings. The van der Waals surface area contributed by atoms with Gasteiger partial charge in [-0.2, -0.15) is 4.31 Å². The Morgan fingerprint density at radius 1 is 1.19 bits per heavy atom. The first kappa shape index (κ1) is 14.2. The third-order valence-electron chi connectivity index (χ3n) is 3.69. The van der Waals surface area contributed by atoms with Crippen molar-refractivity contribution in [2.24, 2.45) is 0 Å². The molecule has 8 heteroatoms. The quantitative estimate of drug-likeness (QED) is 0.860. The summed E-state index contributed by atoms with van der Waals surface area (Å²) in [6.45, 7) is 0.697. The molecule has 0 amide bonds. The number of nitrogens with zero attached hydrogens (tertiary/aromatic N) is 4. The molecular formula is C13H15FN4O2S. The molecule has 0 spiro atoms. The minimum Gasteiger partial charge on any atom is -0.249 e. The van der Waals surface area contributed by atoms with Gasteiger partial charge in [0.15, 0.2) is 0 Å². The van der Waals surface area contributed by atoms with Crippen molar-refractivity contribution in [3.63, 3.8) is 0 Å². The Hall–Kier alpha value is -1.80. The van der Waals surface area contributed by atoms with Gasteiger partial charge in [0, 0.05) is 19.3 Å². The maximum Gasteiger partial charge on any atom is 0.245 e. The highest BCUT2D eigenvalue weighted by Crippen LogP contribution is 2.27. The third-order valence-corrected chi connectivity index (χ3v) is 5.62. The van der Waals surface area contributed by atoms with Gasteiger partial charge in [-0.15, -0.1) is 5.10 Å². The Balaban J connectivity index is 1.76. The Morgan fingerprint density at radius 2 is 1.90 bits per heavy atom. The monoisotopic (exact) mass is 310 g/mol. The molecule has 0 saturated carbocycles. The van der Waals surface area contributed by atoms with Gasteiger partial charge in [-0.05, 0) is 25.0 Å². The van der Waals surface area contributed by atoms with E-state index in [-0.39, 0.29) is 10.9 Å². The second-order valence-corrected chi connectivity index (χ2v) is 6.86. The normalized spacial score (nSPS) is 18.0. The van der Waals surface area contributed by atoms with Crippen LogP contribution in [0.5, 0.6) is 0 Å². The van der Waals surface area contributed by atoms with E-state index in [2.05, 4.69) is 10.3 Å². The maximum atomic E-state index is 13.7. The second-order valence-electron chi connectivity index (χ2n) is 4.95. The van der Waals surface area contributed by atoms with Crippen LogP contribution in [0.4, 0.5) is 4.39 Å². The van der Waals surface area contributed by atoms with Gasteiger partial charge in [0.1, 0.15) is 10.7 Å². The maximum absolute atomic E-state index is 13.7.